The van der Waals surface area contributed by atoms with Gasteiger partial charge in [0.1, 0.15) is 16.8 Å². The first-order chi connectivity index (χ1) is 15.4. The molecule has 6 nitrogen and oxygen atoms in total. The molecule has 1 unspecified atom stereocenters. The Labute approximate surface area is 196 Å². The van der Waals surface area contributed by atoms with Crippen LogP contribution in [0.3, 0.4) is 0 Å². The molecule has 1 aromatic rings. The molecule has 2 aliphatic heterocycles. The van der Waals surface area contributed by atoms with Gasteiger partial charge in [-0.3, -0.25) is 4.79 Å². The summed E-state index contributed by atoms with van der Waals surface area (Å²) in [5, 5.41) is 0. The van der Waals surface area contributed by atoms with Crippen LogP contribution in [0.5, 0.6) is 0 Å². The van der Waals surface area contributed by atoms with Gasteiger partial charge >= 0.3 is 0 Å². The zero-order valence-electron chi connectivity index (χ0n) is 19.0. The van der Waals surface area contributed by atoms with Crippen LogP contribution in [0.2, 0.25) is 0 Å². The van der Waals surface area contributed by atoms with Gasteiger partial charge in [-0.2, -0.15) is 16.5 Å². The van der Waals surface area contributed by atoms with Gasteiger partial charge in [-0.15, -0.1) is 0 Å². The van der Waals surface area contributed by atoms with Gasteiger partial charge in [0.05, 0.1) is 0 Å². The third-order valence-corrected chi connectivity index (χ3v) is 8.62. The maximum Gasteiger partial charge on any atom is 0.244 e. The number of rotatable bonds is 9. The Balaban J connectivity index is 1.59. The minimum atomic E-state index is -4.13. The maximum atomic E-state index is 14.1. The van der Waals surface area contributed by atoms with Crippen molar-refractivity contribution < 1.29 is 17.6 Å². The fraction of sp³-hybridized carbons (Fsp3) is 0.696. The predicted molar refractivity (Wildman–Crippen MR) is 128 cm³/mol. The second-order valence-corrected chi connectivity index (χ2v) is 11.5. The number of piperidine rings is 1. The number of hydrogen-bond acceptors (Lipinski definition) is 5. The number of nitrogens with zero attached hydrogens (tertiary/aromatic N) is 2. The molecular formula is C23H36FN3O3S2. The van der Waals surface area contributed by atoms with E-state index in [1.807, 2.05) is 6.26 Å². The van der Waals surface area contributed by atoms with Gasteiger partial charge in [-0.05, 0) is 75.3 Å². The lowest BCUT2D eigenvalue weighted by Crippen LogP contribution is -2.51. The highest BCUT2D eigenvalue weighted by atomic mass is 32.2. The van der Waals surface area contributed by atoms with Crippen LogP contribution >= 0.6 is 11.8 Å². The van der Waals surface area contributed by atoms with Gasteiger partial charge in [0, 0.05) is 19.6 Å². The summed E-state index contributed by atoms with van der Waals surface area (Å²) >= 11 is 1.56. The van der Waals surface area contributed by atoms with Crippen LogP contribution in [-0.4, -0.2) is 74.9 Å². The molecule has 0 aliphatic carbocycles. The minimum absolute atomic E-state index is 0.202. The highest BCUT2D eigenvalue weighted by molar-refractivity contribution is 7.98. The number of sulfonamides is 1. The molecule has 180 valence electrons. The van der Waals surface area contributed by atoms with Crippen molar-refractivity contribution in [1.29, 1.82) is 0 Å². The zero-order chi connectivity index (χ0) is 23.0. The summed E-state index contributed by atoms with van der Waals surface area (Å²) in [5.41, 5.74) is 0. The summed E-state index contributed by atoms with van der Waals surface area (Å²) in [6.07, 6.45) is 9.37. The lowest BCUT2D eigenvalue weighted by molar-refractivity contribution is -0.134. The number of likely N-dealkylation sites (tertiary alicyclic amines) is 2. The first-order valence-electron chi connectivity index (χ1n) is 11.7. The number of benzene rings is 1. The van der Waals surface area contributed by atoms with E-state index in [1.54, 1.807) is 16.7 Å². The van der Waals surface area contributed by atoms with Gasteiger partial charge in [0.2, 0.25) is 15.9 Å². The number of carbonyl (C=O) groups excluding carboxylic acids is 1. The van der Waals surface area contributed by atoms with E-state index in [-0.39, 0.29) is 5.91 Å². The summed E-state index contributed by atoms with van der Waals surface area (Å²) in [7, 11) is -4.13. The highest BCUT2D eigenvalue weighted by Gasteiger charge is 2.32. The zero-order valence-corrected chi connectivity index (χ0v) is 20.6. The summed E-state index contributed by atoms with van der Waals surface area (Å²) in [6.45, 7) is 4.74. The maximum absolute atomic E-state index is 14.1. The standard InChI is InChI=1S/C23H36FN3O3S2/c1-31-17-12-21(25-32(29,30)22-9-5-4-8-20(22)24)23(28)27-15-10-19(11-16-27)18-26-13-6-2-3-7-14-26/h4-5,8-9,19,21,25H,2-3,6-7,10-18H2,1H3. The average molecular weight is 486 g/mol. The largest absolute Gasteiger partial charge is 0.341 e. The third kappa shape index (κ3) is 7.17. The van der Waals surface area contributed by atoms with E-state index < -0.39 is 26.8 Å². The monoisotopic (exact) mass is 485 g/mol. The number of nitrogens with one attached hydrogen (secondary N) is 1. The van der Waals surface area contributed by atoms with E-state index in [1.165, 1.54) is 57.0 Å². The molecule has 1 amide bonds. The Morgan fingerprint density at radius 2 is 1.78 bits per heavy atom. The summed E-state index contributed by atoms with van der Waals surface area (Å²) in [6, 6.07) is 4.38. The molecule has 9 heteroatoms. The molecule has 1 N–H and O–H groups in total. The van der Waals surface area contributed by atoms with Crippen molar-refractivity contribution in [2.45, 2.75) is 55.9 Å². The van der Waals surface area contributed by atoms with Crippen LogP contribution in [0, 0.1) is 11.7 Å². The molecule has 0 bridgehead atoms. The van der Waals surface area contributed by atoms with E-state index in [4.69, 9.17) is 0 Å². The van der Waals surface area contributed by atoms with Gasteiger partial charge in [-0.25, -0.2) is 12.8 Å². The van der Waals surface area contributed by atoms with Crippen molar-refractivity contribution >= 4 is 27.7 Å². The van der Waals surface area contributed by atoms with Crippen LogP contribution in [-0.2, 0) is 14.8 Å². The van der Waals surface area contributed by atoms with Crippen LogP contribution in [0.15, 0.2) is 29.2 Å². The number of hydrogen-bond donors (Lipinski definition) is 1. The van der Waals surface area contributed by atoms with E-state index in [0.717, 1.165) is 25.5 Å². The smallest absolute Gasteiger partial charge is 0.244 e. The van der Waals surface area contributed by atoms with Crippen molar-refractivity contribution in [3.63, 3.8) is 0 Å². The number of thioether (sulfide) groups is 1. The van der Waals surface area contributed by atoms with Crippen LogP contribution in [0.1, 0.15) is 44.9 Å². The molecule has 1 aromatic carbocycles. The first-order valence-corrected chi connectivity index (χ1v) is 14.6. The molecule has 3 rings (SSSR count). The van der Waals surface area contributed by atoms with Gasteiger partial charge in [0.25, 0.3) is 0 Å². The van der Waals surface area contributed by atoms with Gasteiger partial charge in [0.15, 0.2) is 0 Å². The third-order valence-electron chi connectivity index (χ3n) is 6.47. The molecule has 1 atom stereocenters. The van der Waals surface area contributed by atoms with E-state index >= 15 is 0 Å². The Kier molecular flexibility index (Phi) is 9.82. The van der Waals surface area contributed by atoms with Crippen LogP contribution < -0.4 is 4.72 Å². The Bertz CT molecular complexity index is 837. The van der Waals surface area contributed by atoms with Crippen molar-refractivity contribution in [1.82, 2.24) is 14.5 Å². The normalized spacial score (nSPS) is 20.1. The summed E-state index contributed by atoms with van der Waals surface area (Å²) < 4.78 is 42.1. The second kappa shape index (κ2) is 12.3. The first kappa shape index (κ1) is 25.5. The minimum Gasteiger partial charge on any atom is -0.341 e. The molecule has 0 aromatic heterocycles. The van der Waals surface area contributed by atoms with Crippen molar-refractivity contribution in [3.8, 4) is 0 Å². The lowest BCUT2D eigenvalue weighted by atomic mass is 9.95. The molecule has 2 aliphatic rings. The van der Waals surface area contributed by atoms with Gasteiger partial charge in [-0.1, -0.05) is 25.0 Å². The summed E-state index contributed by atoms with van der Waals surface area (Å²) in [4.78, 5) is 17.2. The van der Waals surface area contributed by atoms with Crippen molar-refractivity contribution in [2.24, 2.45) is 5.92 Å². The van der Waals surface area contributed by atoms with Crippen molar-refractivity contribution in [3.05, 3.63) is 30.1 Å². The number of carbonyl (C=O) groups is 1. The molecule has 2 saturated heterocycles. The molecule has 2 heterocycles. The topological polar surface area (TPSA) is 69.7 Å². The summed E-state index contributed by atoms with van der Waals surface area (Å²) in [5.74, 6) is 0.205. The van der Waals surface area contributed by atoms with E-state index in [9.17, 15) is 17.6 Å². The Morgan fingerprint density at radius 1 is 1.12 bits per heavy atom. The molecule has 0 spiro atoms. The van der Waals surface area contributed by atoms with E-state index in [2.05, 4.69) is 9.62 Å². The Hall–Kier alpha value is -1.16. The van der Waals surface area contributed by atoms with Crippen LogP contribution in [0.4, 0.5) is 4.39 Å². The highest BCUT2D eigenvalue weighted by Crippen LogP contribution is 2.22. The SMILES string of the molecule is CSCCC(NS(=O)(=O)c1ccccc1F)C(=O)N1CCC(CN2CCCCCC2)CC1. The van der Waals surface area contributed by atoms with E-state index in [0.29, 0.717) is 31.2 Å². The quantitative estimate of drug-likeness (QED) is 0.581. The fourth-order valence-electron chi connectivity index (χ4n) is 4.62. The molecular weight excluding hydrogens is 449 g/mol. The number of halogens is 1. The fourth-order valence-corrected chi connectivity index (χ4v) is 6.40. The number of amides is 1. The van der Waals surface area contributed by atoms with Gasteiger partial charge < -0.3 is 9.80 Å². The molecule has 2 fully saturated rings. The van der Waals surface area contributed by atoms with Crippen molar-refractivity contribution in [2.75, 3.05) is 44.7 Å². The second-order valence-electron chi connectivity index (χ2n) is 8.87. The molecule has 0 radical (unpaired) electrons. The predicted octanol–water partition coefficient (Wildman–Crippen LogP) is 3.34. The molecule has 0 saturated carbocycles. The average Bonchev–Trinajstić information content (AvgIpc) is 3.05. The molecule has 32 heavy (non-hydrogen) atoms. The lowest BCUT2D eigenvalue weighted by Gasteiger charge is -2.36. The Morgan fingerprint density at radius 3 is 2.41 bits per heavy atom. The van der Waals surface area contributed by atoms with Crippen LogP contribution in [0.25, 0.3) is 0 Å².